The van der Waals surface area contributed by atoms with Gasteiger partial charge in [0, 0.05) is 16.5 Å². The predicted molar refractivity (Wildman–Crippen MR) is 83.5 cm³/mol. The summed E-state index contributed by atoms with van der Waals surface area (Å²) in [6.07, 6.45) is 2.85. The molecule has 1 aromatic heterocycles. The van der Waals surface area contributed by atoms with Gasteiger partial charge < -0.3 is 13.9 Å². The van der Waals surface area contributed by atoms with Crippen molar-refractivity contribution in [1.82, 2.24) is 0 Å². The monoisotopic (exact) mass is 288 g/mol. The second-order valence-electron chi connectivity index (χ2n) is 5.22. The van der Waals surface area contributed by atoms with Crippen LogP contribution in [0.3, 0.4) is 0 Å². The van der Waals surface area contributed by atoms with Crippen LogP contribution in [-0.2, 0) is 6.42 Å². The molecule has 0 bridgehead atoms. The molecular formula is C17H20O4. The van der Waals surface area contributed by atoms with Gasteiger partial charge in [0.1, 0.15) is 0 Å². The van der Waals surface area contributed by atoms with Crippen LogP contribution in [0.2, 0.25) is 0 Å². The molecule has 0 amide bonds. The van der Waals surface area contributed by atoms with Gasteiger partial charge in [-0.2, -0.15) is 0 Å². The molecule has 2 aromatic rings. The molecule has 112 valence electrons. The molecule has 1 heterocycles. The van der Waals surface area contributed by atoms with Crippen molar-refractivity contribution in [3.63, 3.8) is 0 Å². The highest BCUT2D eigenvalue weighted by Crippen LogP contribution is 2.39. The molecule has 0 spiro atoms. The molecule has 0 saturated carbocycles. The summed E-state index contributed by atoms with van der Waals surface area (Å²) in [5.74, 6) is 1.07. The molecule has 1 aromatic carbocycles. The summed E-state index contributed by atoms with van der Waals surface area (Å²) < 4.78 is 16.2. The first kappa shape index (κ1) is 15.2. The molecule has 4 nitrogen and oxygen atoms in total. The maximum absolute atomic E-state index is 11.7. The summed E-state index contributed by atoms with van der Waals surface area (Å²) in [5.41, 5.74) is 2.86. The lowest BCUT2D eigenvalue weighted by molar-refractivity contribution is 0.349. The molecule has 0 saturated heterocycles. The van der Waals surface area contributed by atoms with Gasteiger partial charge in [0.05, 0.1) is 14.2 Å². The average Bonchev–Trinajstić information content (AvgIpc) is 2.45. The lowest BCUT2D eigenvalue weighted by Gasteiger charge is -2.14. The lowest BCUT2D eigenvalue weighted by atomic mass is 10.0. The van der Waals surface area contributed by atoms with Gasteiger partial charge in [-0.1, -0.05) is 11.6 Å². The van der Waals surface area contributed by atoms with Gasteiger partial charge in [-0.25, -0.2) is 4.79 Å². The van der Waals surface area contributed by atoms with Crippen molar-refractivity contribution in [3.05, 3.63) is 45.3 Å². The predicted octanol–water partition coefficient (Wildman–Crippen LogP) is 3.63. The fourth-order valence-corrected chi connectivity index (χ4v) is 2.25. The summed E-state index contributed by atoms with van der Waals surface area (Å²) in [5, 5.41) is 0.835. The fourth-order valence-electron chi connectivity index (χ4n) is 2.25. The quantitative estimate of drug-likeness (QED) is 0.637. The Balaban J connectivity index is 2.77. The summed E-state index contributed by atoms with van der Waals surface area (Å²) in [6.45, 7) is 5.83. The first-order chi connectivity index (χ1) is 9.97. The van der Waals surface area contributed by atoms with Crippen molar-refractivity contribution >= 4 is 11.0 Å². The largest absolute Gasteiger partial charge is 0.492 e. The molecule has 0 atom stereocenters. The standard InChI is InChI=1S/C17H20O4/c1-10(2)6-7-12-9-13-8-11(3)17(18)21-15(13)16(20-5)14(12)19-4/h6,8-9H,7H2,1-5H3. The molecule has 0 fully saturated rings. The number of allylic oxidation sites excluding steroid dienone is 2. The summed E-state index contributed by atoms with van der Waals surface area (Å²) >= 11 is 0. The molecule has 2 rings (SSSR count). The van der Waals surface area contributed by atoms with Gasteiger partial charge in [0.2, 0.25) is 5.75 Å². The minimum atomic E-state index is -0.361. The molecule has 0 aliphatic carbocycles. The van der Waals surface area contributed by atoms with Gasteiger partial charge in [-0.15, -0.1) is 0 Å². The van der Waals surface area contributed by atoms with Gasteiger partial charge in [0.15, 0.2) is 11.3 Å². The van der Waals surface area contributed by atoms with Crippen molar-refractivity contribution in [3.8, 4) is 11.5 Å². The van der Waals surface area contributed by atoms with E-state index < -0.39 is 0 Å². The van der Waals surface area contributed by atoms with Crippen molar-refractivity contribution in [1.29, 1.82) is 0 Å². The van der Waals surface area contributed by atoms with Crippen molar-refractivity contribution in [2.24, 2.45) is 0 Å². The maximum atomic E-state index is 11.7. The zero-order valence-electron chi connectivity index (χ0n) is 13.1. The number of fused-ring (bicyclic) bond motifs is 1. The van der Waals surface area contributed by atoms with E-state index in [-0.39, 0.29) is 5.63 Å². The van der Waals surface area contributed by atoms with E-state index in [1.54, 1.807) is 21.1 Å². The third-order valence-electron chi connectivity index (χ3n) is 3.32. The molecular weight excluding hydrogens is 268 g/mol. The van der Waals surface area contributed by atoms with E-state index in [1.165, 1.54) is 5.57 Å². The SMILES string of the molecule is COc1c(CC=C(C)C)cc2cc(C)c(=O)oc2c1OC. The van der Waals surface area contributed by atoms with Crippen LogP contribution in [0.5, 0.6) is 11.5 Å². The van der Waals surface area contributed by atoms with E-state index in [0.29, 0.717) is 22.6 Å². The lowest BCUT2D eigenvalue weighted by Crippen LogP contribution is -2.04. The fraction of sp³-hybridized carbons (Fsp3) is 0.353. The van der Waals surface area contributed by atoms with Crippen molar-refractivity contribution in [2.75, 3.05) is 14.2 Å². The first-order valence-corrected chi connectivity index (χ1v) is 6.79. The van der Waals surface area contributed by atoms with Gasteiger partial charge >= 0.3 is 5.63 Å². The Labute approximate surface area is 124 Å². The number of hydrogen-bond donors (Lipinski definition) is 0. The van der Waals surface area contributed by atoms with E-state index in [0.717, 1.165) is 17.4 Å². The van der Waals surface area contributed by atoms with Gasteiger partial charge in [-0.3, -0.25) is 0 Å². The van der Waals surface area contributed by atoms with Gasteiger partial charge in [-0.05, 0) is 39.3 Å². The van der Waals surface area contributed by atoms with Crippen molar-refractivity contribution in [2.45, 2.75) is 27.2 Å². The first-order valence-electron chi connectivity index (χ1n) is 6.79. The molecule has 4 heteroatoms. The number of ether oxygens (including phenoxy) is 2. The van der Waals surface area contributed by atoms with Gasteiger partial charge in [0.25, 0.3) is 0 Å². The Morgan fingerprint density at radius 3 is 2.43 bits per heavy atom. The minimum absolute atomic E-state index is 0.361. The third-order valence-corrected chi connectivity index (χ3v) is 3.32. The number of benzene rings is 1. The number of aryl methyl sites for hydroxylation is 1. The van der Waals surface area contributed by atoms with Crippen LogP contribution in [0.15, 0.2) is 33.0 Å². The van der Waals surface area contributed by atoms with E-state index in [2.05, 4.69) is 6.08 Å². The van der Waals surface area contributed by atoms with E-state index in [4.69, 9.17) is 13.9 Å². The van der Waals surface area contributed by atoms with Crippen LogP contribution < -0.4 is 15.1 Å². The molecule has 0 aliphatic heterocycles. The second kappa shape index (κ2) is 6.04. The zero-order valence-corrected chi connectivity index (χ0v) is 13.1. The van der Waals surface area contributed by atoms with Crippen LogP contribution in [0.1, 0.15) is 25.0 Å². The summed E-state index contributed by atoms with van der Waals surface area (Å²) in [4.78, 5) is 11.7. The van der Waals surface area contributed by atoms with Crippen LogP contribution in [0.25, 0.3) is 11.0 Å². The average molecular weight is 288 g/mol. The Morgan fingerprint density at radius 2 is 1.86 bits per heavy atom. The van der Waals surface area contributed by atoms with E-state index in [9.17, 15) is 4.79 Å². The number of rotatable bonds is 4. The van der Waals surface area contributed by atoms with Crippen LogP contribution in [0.4, 0.5) is 0 Å². The minimum Gasteiger partial charge on any atom is -0.492 e. The summed E-state index contributed by atoms with van der Waals surface area (Å²) in [6, 6.07) is 3.79. The summed E-state index contributed by atoms with van der Waals surface area (Å²) in [7, 11) is 3.13. The van der Waals surface area contributed by atoms with Crippen molar-refractivity contribution < 1.29 is 13.9 Å². The molecule has 0 aliphatic rings. The zero-order chi connectivity index (χ0) is 15.6. The Bertz CT molecular complexity index is 749. The van der Waals surface area contributed by atoms with Crippen LogP contribution in [0, 0.1) is 6.92 Å². The Hall–Kier alpha value is -2.23. The highest BCUT2D eigenvalue weighted by Gasteiger charge is 2.17. The number of methoxy groups -OCH3 is 2. The van der Waals surface area contributed by atoms with Crippen LogP contribution >= 0.6 is 0 Å². The normalized spacial score (nSPS) is 10.5. The highest BCUT2D eigenvalue weighted by molar-refractivity contribution is 5.87. The Morgan fingerprint density at radius 1 is 1.19 bits per heavy atom. The topological polar surface area (TPSA) is 48.7 Å². The van der Waals surface area contributed by atoms with Crippen LogP contribution in [-0.4, -0.2) is 14.2 Å². The Kier molecular flexibility index (Phi) is 4.36. The second-order valence-corrected chi connectivity index (χ2v) is 5.22. The maximum Gasteiger partial charge on any atom is 0.339 e. The molecule has 21 heavy (non-hydrogen) atoms. The highest BCUT2D eigenvalue weighted by atomic mass is 16.5. The molecule has 0 radical (unpaired) electrons. The van der Waals surface area contributed by atoms with E-state index >= 15 is 0 Å². The smallest absolute Gasteiger partial charge is 0.339 e. The third kappa shape index (κ3) is 2.94. The molecule has 0 N–H and O–H groups in total. The molecule has 0 unspecified atom stereocenters. The van der Waals surface area contributed by atoms with E-state index in [1.807, 2.05) is 26.0 Å². The number of hydrogen-bond acceptors (Lipinski definition) is 4.